The SMILES string of the molecule is O=c1c(I)cncn1CCCCCCCCCS. The zero-order valence-electron chi connectivity index (χ0n) is 10.6. The van der Waals surface area contributed by atoms with E-state index in [0.29, 0.717) is 3.57 Å². The van der Waals surface area contributed by atoms with Crippen molar-refractivity contribution in [2.75, 3.05) is 5.75 Å². The van der Waals surface area contributed by atoms with Gasteiger partial charge in [-0.05, 0) is 41.2 Å². The van der Waals surface area contributed by atoms with Gasteiger partial charge in [0, 0.05) is 12.7 Å². The number of aromatic nitrogens is 2. The van der Waals surface area contributed by atoms with E-state index in [9.17, 15) is 4.79 Å². The van der Waals surface area contributed by atoms with E-state index in [-0.39, 0.29) is 5.56 Å². The zero-order chi connectivity index (χ0) is 13.2. The molecule has 0 saturated carbocycles. The summed E-state index contributed by atoms with van der Waals surface area (Å²) in [6.07, 6.45) is 11.9. The average Bonchev–Trinajstić information content (AvgIpc) is 2.37. The molecular weight excluding hydrogens is 359 g/mol. The molecule has 18 heavy (non-hydrogen) atoms. The Morgan fingerprint density at radius 1 is 1.11 bits per heavy atom. The van der Waals surface area contributed by atoms with Gasteiger partial charge in [0.25, 0.3) is 5.56 Å². The minimum atomic E-state index is 0.0828. The third-order valence-electron chi connectivity index (χ3n) is 2.92. The first kappa shape index (κ1) is 16.0. The molecule has 0 radical (unpaired) electrons. The molecule has 0 aromatic carbocycles. The van der Waals surface area contributed by atoms with E-state index in [0.717, 1.165) is 18.7 Å². The normalized spacial score (nSPS) is 10.8. The van der Waals surface area contributed by atoms with Crippen molar-refractivity contribution in [3.8, 4) is 0 Å². The zero-order valence-corrected chi connectivity index (χ0v) is 13.7. The lowest BCUT2D eigenvalue weighted by molar-refractivity contribution is 0.538. The van der Waals surface area contributed by atoms with E-state index >= 15 is 0 Å². The second-order valence-electron chi connectivity index (χ2n) is 4.44. The molecule has 0 unspecified atom stereocenters. The molecule has 1 heterocycles. The van der Waals surface area contributed by atoms with Gasteiger partial charge in [0.2, 0.25) is 0 Å². The number of rotatable bonds is 9. The lowest BCUT2D eigenvalue weighted by atomic mass is 10.1. The van der Waals surface area contributed by atoms with Crippen LogP contribution in [-0.4, -0.2) is 15.3 Å². The van der Waals surface area contributed by atoms with E-state index in [1.807, 2.05) is 22.6 Å². The predicted molar refractivity (Wildman–Crippen MR) is 87.4 cm³/mol. The molecule has 1 aromatic rings. The maximum atomic E-state index is 11.7. The number of unbranched alkanes of at least 4 members (excludes halogenated alkanes) is 6. The van der Waals surface area contributed by atoms with Crippen LogP contribution in [0.15, 0.2) is 17.3 Å². The van der Waals surface area contributed by atoms with Gasteiger partial charge in [-0.1, -0.05) is 32.1 Å². The molecular formula is C13H21IN2OS. The maximum absolute atomic E-state index is 11.7. The minimum absolute atomic E-state index is 0.0828. The largest absolute Gasteiger partial charge is 0.298 e. The highest BCUT2D eigenvalue weighted by molar-refractivity contribution is 14.1. The number of thiol groups is 1. The van der Waals surface area contributed by atoms with Crippen molar-refractivity contribution in [1.82, 2.24) is 9.55 Å². The fourth-order valence-electron chi connectivity index (χ4n) is 1.86. The van der Waals surface area contributed by atoms with Crippen LogP contribution < -0.4 is 5.56 Å². The van der Waals surface area contributed by atoms with Gasteiger partial charge < -0.3 is 0 Å². The summed E-state index contributed by atoms with van der Waals surface area (Å²) in [5.74, 6) is 1.00. The number of nitrogens with zero attached hydrogens (tertiary/aromatic N) is 2. The molecule has 5 heteroatoms. The Bertz CT molecular complexity index is 395. The number of hydrogen-bond donors (Lipinski definition) is 1. The molecule has 102 valence electrons. The highest BCUT2D eigenvalue weighted by Gasteiger charge is 2.00. The van der Waals surface area contributed by atoms with E-state index in [1.54, 1.807) is 17.1 Å². The molecule has 0 aliphatic heterocycles. The lowest BCUT2D eigenvalue weighted by Crippen LogP contribution is -2.22. The smallest absolute Gasteiger partial charge is 0.266 e. The van der Waals surface area contributed by atoms with Crippen LogP contribution in [0.1, 0.15) is 44.9 Å². The third kappa shape index (κ3) is 6.22. The van der Waals surface area contributed by atoms with E-state index in [1.165, 1.54) is 38.5 Å². The van der Waals surface area contributed by atoms with Gasteiger partial charge in [-0.25, -0.2) is 4.98 Å². The Morgan fingerprint density at radius 2 is 1.72 bits per heavy atom. The summed E-state index contributed by atoms with van der Waals surface area (Å²) in [7, 11) is 0. The molecule has 0 saturated heterocycles. The molecule has 0 spiro atoms. The summed E-state index contributed by atoms with van der Waals surface area (Å²) in [4.78, 5) is 15.8. The topological polar surface area (TPSA) is 34.9 Å². The van der Waals surface area contributed by atoms with Crippen LogP contribution in [0.4, 0.5) is 0 Å². The van der Waals surface area contributed by atoms with Crippen LogP contribution in [0.5, 0.6) is 0 Å². The molecule has 1 rings (SSSR count). The fraction of sp³-hybridized carbons (Fsp3) is 0.692. The minimum Gasteiger partial charge on any atom is -0.298 e. The Hall–Kier alpha value is -0.0400. The Balaban J connectivity index is 2.11. The summed E-state index contributed by atoms with van der Waals surface area (Å²) in [5.41, 5.74) is 0.0828. The third-order valence-corrected chi connectivity index (χ3v) is 3.97. The second kappa shape index (κ2) is 9.83. The van der Waals surface area contributed by atoms with Crippen molar-refractivity contribution >= 4 is 35.2 Å². The second-order valence-corrected chi connectivity index (χ2v) is 6.05. The van der Waals surface area contributed by atoms with Crippen LogP contribution in [0.25, 0.3) is 0 Å². The predicted octanol–water partition coefficient (Wildman–Crippen LogP) is 3.51. The summed E-state index contributed by atoms with van der Waals surface area (Å²) in [6, 6.07) is 0. The molecule has 3 nitrogen and oxygen atoms in total. The van der Waals surface area contributed by atoms with Crippen molar-refractivity contribution in [3.05, 3.63) is 26.4 Å². The van der Waals surface area contributed by atoms with Gasteiger partial charge in [0.05, 0.1) is 9.90 Å². The standard InChI is InChI=1S/C13H21IN2OS/c14-12-10-15-11-16(13(12)17)8-6-4-2-1-3-5-7-9-18/h10-11,18H,1-9H2. The number of halogens is 1. The highest BCUT2D eigenvalue weighted by Crippen LogP contribution is 2.08. The van der Waals surface area contributed by atoms with Crippen molar-refractivity contribution in [2.45, 2.75) is 51.5 Å². The van der Waals surface area contributed by atoms with Crippen LogP contribution >= 0.6 is 35.2 Å². The van der Waals surface area contributed by atoms with Gasteiger partial charge in [-0.3, -0.25) is 9.36 Å². The molecule has 1 aromatic heterocycles. The Morgan fingerprint density at radius 3 is 2.39 bits per heavy atom. The van der Waals surface area contributed by atoms with E-state index in [2.05, 4.69) is 17.6 Å². The monoisotopic (exact) mass is 380 g/mol. The first-order chi connectivity index (χ1) is 8.75. The maximum Gasteiger partial charge on any atom is 0.266 e. The van der Waals surface area contributed by atoms with Crippen molar-refractivity contribution < 1.29 is 0 Å². The molecule has 0 N–H and O–H groups in total. The van der Waals surface area contributed by atoms with E-state index < -0.39 is 0 Å². The molecule has 0 atom stereocenters. The summed E-state index contributed by atoms with van der Waals surface area (Å²) < 4.78 is 2.41. The number of aryl methyl sites for hydroxylation is 1. The number of hydrogen-bond acceptors (Lipinski definition) is 3. The highest BCUT2D eigenvalue weighted by atomic mass is 127. The molecule has 0 bridgehead atoms. The Kier molecular flexibility index (Phi) is 8.75. The van der Waals surface area contributed by atoms with Gasteiger partial charge in [-0.15, -0.1) is 0 Å². The summed E-state index contributed by atoms with van der Waals surface area (Å²) in [5, 5.41) is 0. The molecule has 0 aliphatic rings. The van der Waals surface area contributed by atoms with Gasteiger partial charge in [0.15, 0.2) is 0 Å². The van der Waals surface area contributed by atoms with Crippen molar-refractivity contribution in [1.29, 1.82) is 0 Å². The Labute approximate surface area is 128 Å². The molecule has 0 amide bonds. The lowest BCUT2D eigenvalue weighted by Gasteiger charge is -2.05. The molecule has 0 aliphatic carbocycles. The molecule has 0 fully saturated rings. The quantitative estimate of drug-likeness (QED) is 0.404. The van der Waals surface area contributed by atoms with E-state index in [4.69, 9.17) is 0 Å². The van der Waals surface area contributed by atoms with Crippen molar-refractivity contribution in [3.63, 3.8) is 0 Å². The first-order valence-corrected chi connectivity index (χ1v) is 8.27. The average molecular weight is 380 g/mol. The fourth-order valence-corrected chi connectivity index (χ4v) is 2.56. The van der Waals surface area contributed by atoms with Crippen LogP contribution in [0.3, 0.4) is 0 Å². The first-order valence-electron chi connectivity index (χ1n) is 6.56. The summed E-state index contributed by atoms with van der Waals surface area (Å²) in [6.45, 7) is 0.791. The van der Waals surface area contributed by atoms with Gasteiger partial charge >= 0.3 is 0 Å². The van der Waals surface area contributed by atoms with Crippen molar-refractivity contribution in [2.24, 2.45) is 0 Å². The van der Waals surface area contributed by atoms with Crippen LogP contribution in [0, 0.1) is 3.57 Å². The van der Waals surface area contributed by atoms with Gasteiger partial charge in [-0.2, -0.15) is 12.6 Å². The van der Waals surface area contributed by atoms with Crippen LogP contribution in [0.2, 0.25) is 0 Å². The summed E-state index contributed by atoms with van der Waals surface area (Å²) >= 11 is 6.23. The van der Waals surface area contributed by atoms with Gasteiger partial charge in [0.1, 0.15) is 0 Å². The van der Waals surface area contributed by atoms with Crippen LogP contribution in [-0.2, 0) is 6.54 Å².